The minimum Gasteiger partial charge on any atom is -0.392 e. The van der Waals surface area contributed by atoms with Crippen molar-refractivity contribution in [1.82, 2.24) is 4.98 Å². The van der Waals surface area contributed by atoms with Crippen LogP contribution < -0.4 is 5.73 Å². The second-order valence-electron chi connectivity index (χ2n) is 6.99. The second kappa shape index (κ2) is 6.89. The van der Waals surface area contributed by atoms with E-state index in [1.165, 1.54) is 44.9 Å². The van der Waals surface area contributed by atoms with Crippen molar-refractivity contribution >= 4 is 0 Å². The fourth-order valence-corrected chi connectivity index (χ4v) is 4.63. The van der Waals surface area contributed by atoms with Crippen molar-refractivity contribution in [3.05, 3.63) is 30.1 Å². The van der Waals surface area contributed by atoms with Crippen LogP contribution in [0.2, 0.25) is 0 Å². The van der Waals surface area contributed by atoms with Gasteiger partial charge in [-0.2, -0.15) is 0 Å². The van der Waals surface area contributed by atoms with E-state index in [4.69, 9.17) is 5.73 Å². The van der Waals surface area contributed by atoms with Crippen LogP contribution in [0.3, 0.4) is 0 Å². The first-order valence-corrected chi connectivity index (χ1v) is 8.57. The van der Waals surface area contributed by atoms with Gasteiger partial charge in [-0.15, -0.1) is 0 Å². The molecule has 1 aromatic rings. The van der Waals surface area contributed by atoms with Crippen LogP contribution in [0.1, 0.15) is 56.4 Å². The van der Waals surface area contributed by atoms with E-state index >= 15 is 0 Å². The van der Waals surface area contributed by atoms with Gasteiger partial charge < -0.3 is 10.8 Å². The molecule has 2 aliphatic rings. The van der Waals surface area contributed by atoms with Crippen LogP contribution in [0, 0.1) is 17.8 Å². The zero-order valence-electron chi connectivity index (χ0n) is 12.8. The zero-order chi connectivity index (χ0) is 14.7. The fraction of sp³-hybridized carbons (Fsp3) is 0.722. The van der Waals surface area contributed by atoms with Crippen molar-refractivity contribution in [3.8, 4) is 0 Å². The Morgan fingerprint density at radius 3 is 2.52 bits per heavy atom. The lowest BCUT2D eigenvalue weighted by molar-refractivity contribution is 0.0214. The maximum Gasteiger partial charge on any atom is 0.0649 e. The predicted molar refractivity (Wildman–Crippen MR) is 84.8 cm³/mol. The average molecular weight is 288 g/mol. The Kier molecular flexibility index (Phi) is 4.91. The molecule has 3 rings (SSSR count). The average Bonchev–Trinajstić information content (AvgIpc) is 2.56. The summed E-state index contributed by atoms with van der Waals surface area (Å²) in [6.45, 7) is 0.510. The summed E-state index contributed by atoms with van der Waals surface area (Å²) in [5, 5.41) is 10.9. The van der Waals surface area contributed by atoms with E-state index in [9.17, 15) is 5.11 Å². The lowest BCUT2D eigenvalue weighted by Crippen LogP contribution is -2.38. The summed E-state index contributed by atoms with van der Waals surface area (Å²) in [7, 11) is 0. The van der Waals surface area contributed by atoms with Gasteiger partial charge in [0, 0.05) is 24.9 Å². The first-order valence-electron chi connectivity index (χ1n) is 8.57. The summed E-state index contributed by atoms with van der Waals surface area (Å²) < 4.78 is 0. The number of rotatable bonds is 4. The molecule has 0 spiro atoms. The first kappa shape index (κ1) is 15.0. The van der Waals surface area contributed by atoms with Crippen LogP contribution in [-0.2, 0) is 0 Å². The molecule has 0 amide bonds. The van der Waals surface area contributed by atoms with Gasteiger partial charge in [-0.05, 0) is 54.7 Å². The first-order chi connectivity index (χ1) is 10.3. The van der Waals surface area contributed by atoms with E-state index in [1.807, 2.05) is 12.1 Å². The minimum atomic E-state index is -0.305. The highest BCUT2D eigenvalue weighted by molar-refractivity contribution is 5.18. The largest absolute Gasteiger partial charge is 0.392 e. The van der Waals surface area contributed by atoms with E-state index < -0.39 is 0 Å². The van der Waals surface area contributed by atoms with Crippen LogP contribution >= 0.6 is 0 Å². The molecule has 0 radical (unpaired) electrons. The topological polar surface area (TPSA) is 59.1 Å². The lowest BCUT2D eigenvalue weighted by Gasteiger charge is -2.42. The molecule has 5 atom stereocenters. The van der Waals surface area contributed by atoms with Gasteiger partial charge in [0.25, 0.3) is 0 Å². The smallest absolute Gasteiger partial charge is 0.0649 e. The summed E-state index contributed by atoms with van der Waals surface area (Å²) in [5.74, 6) is 2.26. The van der Waals surface area contributed by atoms with Crippen LogP contribution in [0.25, 0.3) is 0 Å². The van der Waals surface area contributed by atoms with Crippen molar-refractivity contribution in [1.29, 1.82) is 0 Å². The van der Waals surface area contributed by atoms with Gasteiger partial charge in [-0.1, -0.05) is 25.7 Å². The highest BCUT2D eigenvalue weighted by atomic mass is 16.3. The van der Waals surface area contributed by atoms with Crippen molar-refractivity contribution < 1.29 is 5.11 Å². The Hall–Kier alpha value is -0.930. The summed E-state index contributed by atoms with van der Waals surface area (Å²) in [4.78, 5) is 4.07. The summed E-state index contributed by atoms with van der Waals surface area (Å²) in [6.07, 6.45) is 12.5. The van der Waals surface area contributed by atoms with E-state index in [0.717, 1.165) is 17.4 Å². The molecule has 2 fully saturated rings. The standard InChI is InChI=1S/C18H28N2O/c19-12-17(14-7-9-20-10-8-14)18(21)16-6-5-13-3-1-2-4-15(13)11-16/h7-10,13,15-18,21H,1-6,11-12,19H2. The monoisotopic (exact) mass is 288 g/mol. The number of nitrogens with zero attached hydrogens (tertiary/aromatic N) is 1. The molecule has 0 bridgehead atoms. The van der Waals surface area contributed by atoms with E-state index in [2.05, 4.69) is 4.98 Å². The molecule has 0 saturated heterocycles. The SMILES string of the molecule is NCC(c1ccncc1)C(O)C1CCC2CCCCC2C1. The molecule has 3 N–H and O–H groups in total. The summed E-state index contributed by atoms with van der Waals surface area (Å²) in [6, 6.07) is 3.99. The minimum absolute atomic E-state index is 0.0538. The molecule has 0 aliphatic heterocycles. The molecule has 116 valence electrons. The number of nitrogens with two attached hydrogens (primary N) is 1. The maximum absolute atomic E-state index is 10.9. The molecular formula is C18H28N2O. The number of aliphatic hydroxyl groups is 1. The third-order valence-corrected chi connectivity index (χ3v) is 5.86. The van der Waals surface area contributed by atoms with E-state index in [-0.39, 0.29) is 12.0 Å². The van der Waals surface area contributed by atoms with Gasteiger partial charge in [0.05, 0.1) is 6.10 Å². The Morgan fingerprint density at radius 1 is 1.10 bits per heavy atom. The Bertz CT molecular complexity index is 436. The molecule has 1 aromatic heterocycles. The van der Waals surface area contributed by atoms with Crippen LogP contribution in [0.4, 0.5) is 0 Å². The quantitative estimate of drug-likeness (QED) is 0.895. The van der Waals surface area contributed by atoms with E-state index in [0.29, 0.717) is 12.5 Å². The van der Waals surface area contributed by atoms with Gasteiger partial charge in [-0.25, -0.2) is 0 Å². The highest BCUT2D eigenvalue weighted by Gasteiger charge is 2.37. The third-order valence-electron chi connectivity index (χ3n) is 5.86. The van der Waals surface area contributed by atoms with Crippen LogP contribution in [-0.4, -0.2) is 22.7 Å². The Morgan fingerprint density at radius 2 is 1.81 bits per heavy atom. The number of aromatic nitrogens is 1. The predicted octanol–water partition coefficient (Wildman–Crippen LogP) is 3.09. The lowest BCUT2D eigenvalue weighted by atomic mass is 9.65. The van der Waals surface area contributed by atoms with Crippen molar-refractivity contribution in [3.63, 3.8) is 0 Å². The highest BCUT2D eigenvalue weighted by Crippen LogP contribution is 2.45. The van der Waals surface area contributed by atoms with Crippen LogP contribution in [0.5, 0.6) is 0 Å². The summed E-state index contributed by atoms with van der Waals surface area (Å²) >= 11 is 0. The summed E-state index contributed by atoms with van der Waals surface area (Å²) in [5.41, 5.74) is 7.09. The molecule has 2 saturated carbocycles. The number of fused-ring (bicyclic) bond motifs is 1. The maximum atomic E-state index is 10.9. The molecule has 2 aliphatic carbocycles. The zero-order valence-corrected chi connectivity index (χ0v) is 12.8. The van der Waals surface area contributed by atoms with Gasteiger partial charge in [0.15, 0.2) is 0 Å². The van der Waals surface area contributed by atoms with Crippen molar-refractivity contribution in [2.45, 2.75) is 57.0 Å². The number of hydrogen-bond acceptors (Lipinski definition) is 3. The normalized spacial score (nSPS) is 32.2. The van der Waals surface area contributed by atoms with E-state index in [1.54, 1.807) is 12.4 Å². The molecule has 0 aromatic carbocycles. The fourth-order valence-electron chi connectivity index (χ4n) is 4.63. The molecular weight excluding hydrogens is 260 g/mol. The van der Waals surface area contributed by atoms with Crippen molar-refractivity contribution in [2.24, 2.45) is 23.5 Å². The van der Waals surface area contributed by atoms with Gasteiger partial charge in [0.1, 0.15) is 0 Å². The number of aliphatic hydroxyl groups excluding tert-OH is 1. The molecule has 3 nitrogen and oxygen atoms in total. The molecule has 5 unspecified atom stereocenters. The molecule has 21 heavy (non-hydrogen) atoms. The van der Waals surface area contributed by atoms with Gasteiger partial charge in [-0.3, -0.25) is 4.98 Å². The third kappa shape index (κ3) is 3.29. The Labute approximate surface area is 128 Å². The van der Waals surface area contributed by atoms with Crippen LogP contribution in [0.15, 0.2) is 24.5 Å². The Balaban J connectivity index is 1.67. The van der Waals surface area contributed by atoms with Gasteiger partial charge in [0.2, 0.25) is 0 Å². The van der Waals surface area contributed by atoms with Crippen molar-refractivity contribution in [2.75, 3.05) is 6.54 Å². The second-order valence-corrected chi connectivity index (χ2v) is 6.99. The number of pyridine rings is 1. The molecule has 1 heterocycles. The number of hydrogen-bond donors (Lipinski definition) is 2. The molecule has 3 heteroatoms. The van der Waals surface area contributed by atoms with Gasteiger partial charge >= 0.3 is 0 Å².